The molecule has 4 heteroatoms. The van der Waals surface area contributed by atoms with E-state index in [1.54, 1.807) is 6.92 Å². The number of amides is 1. The molecule has 1 atom stereocenters. The fourth-order valence-electron chi connectivity index (χ4n) is 2.82. The molecule has 1 unspecified atom stereocenters. The van der Waals surface area contributed by atoms with Gasteiger partial charge in [-0.1, -0.05) is 20.8 Å². The topological polar surface area (TPSA) is 26.8 Å². The van der Waals surface area contributed by atoms with Crippen LogP contribution in [-0.2, 0) is 4.79 Å². The first-order valence-electron chi connectivity index (χ1n) is 7.42. The molecule has 2 rings (SSSR count). The van der Waals surface area contributed by atoms with Crippen molar-refractivity contribution in [3.8, 4) is 0 Å². The van der Waals surface area contributed by atoms with Gasteiger partial charge in [-0.25, -0.2) is 0 Å². The van der Waals surface area contributed by atoms with Crippen molar-refractivity contribution in [1.82, 2.24) is 14.7 Å². The Kier molecular flexibility index (Phi) is 6.65. The van der Waals surface area contributed by atoms with E-state index in [1.165, 1.54) is 26.1 Å². The van der Waals surface area contributed by atoms with Crippen LogP contribution in [-0.4, -0.2) is 72.5 Å². The Bertz CT molecular complexity index is 257. The fraction of sp³-hybridized carbons (Fsp3) is 0.929. The maximum atomic E-state index is 11.4. The third-order valence-corrected chi connectivity index (χ3v) is 3.76. The van der Waals surface area contributed by atoms with E-state index >= 15 is 0 Å². The number of piperazine rings is 2. The summed E-state index contributed by atoms with van der Waals surface area (Å²) in [6.07, 6.45) is 1.23. The number of rotatable bonds is 2. The molecule has 0 aromatic carbocycles. The van der Waals surface area contributed by atoms with Gasteiger partial charge in [0.1, 0.15) is 0 Å². The molecule has 0 aromatic rings. The number of nitrogens with zero attached hydrogens (tertiary/aromatic N) is 3. The SMILES string of the molecule is CC.CCCN1CCN2CCN(C(C)=O)CC2C1. The molecule has 18 heavy (non-hydrogen) atoms. The van der Waals surface area contributed by atoms with E-state index in [1.807, 2.05) is 18.7 Å². The summed E-state index contributed by atoms with van der Waals surface area (Å²) in [6, 6.07) is 0.568. The predicted octanol–water partition coefficient (Wildman–Crippen LogP) is 1.27. The zero-order chi connectivity index (χ0) is 13.5. The molecule has 2 aliphatic rings. The van der Waals surface area contributed by atoms with Crippen LogP contribution in [0.15, 0.2) is 0 Å². The zero-order valence-electron chi connectivity index (χ0n) is 12.5. The van der Waals surface area contributed by atoms with Crippen LogP contribution in [0.1, 0.15) is 34.1 Å². The average molecular weight is 255 g/mol. The van der Waals surface area contributed by atoms with Crippen LogP contribution >= 0.6 is 0 Å². The van der Waals surface area contributed by atoms with Gasteiger partial charge in [-0.15, -0.1) is 0 Å². The molecule has 2 fully saturated rings. The van der Waals surface area contributed by atoms with Crippen LogP contribution in [0.5, 0.6) is 0 Å². The van der Waals surface area contributed by atoms with E-state index in [0.717, 1.165) is 26.2 Å². The summed E-state index contributed by atoms with van der Waals surface area (Å²) in [5.41, 5.74) is 0. The Labute approximate surface area is 112 Å². The van der Waals surface area contributed by atoms with Gasteiger partial charge in [0.15, 0.2) is 0 Å². The molecular weight excluding hydrogens is 226 g/mol. The maximum Gasteiger partial charge on any atom is 0.219 e. The van der Waals surface area contributed by atoms with Crippen LogP contribution in [0, 0.1) is 0 Å². The van der Waals surface area contributed by atoms with Gasteiger partial charge in [0, 0.05) is 52.2 Å². The van der Waals surface area contributed by atoms with E-state index in [0.29, 0.717) is 6.04 Å². The molecule has 0 aromatic heterocycles. The van der Waals surface area contributed by atoms with Crippen LogP contribution < -0.4 is 0 Å². The summed E-state index contributed by atoms with van der Waals surface area (Å²) in [4.78, 5) is 18.5. The highest BCUT2D eigenvalue weighted by Crippen LogP contribution is 2.15. The lowest BCUT2D eigenvalue weighted by Gasteiger charge is -2.47. The molecule has 0 bridgehead atoms. The smallest absolute Gasteiger partial charge is 0.219 e. The summed E-state index contributed by atoms with van der Waals surface area (Å²) >= 11 is 0. The summed E-state index contributed by atoms with van der Waals surface area (Å²) in [5, 5.41) is 0. The fourth-order valence-corrected chi connectivity index (χ4v) is 2.82. The molecule has 4 nitrogen and oxygen atoms in total. The highest BCUT2D eigenvalue weighted by Gasteiger charge is 2.32. The highest BCUT2D eigenvalue weighted by molar-refractivity contribution is 5.73. The number of carbonyl (C=O) groups excluding carboxylic acids is 1. The zero-order valence-corrected chi connectivity index (χ0v) is 12.5. The maximum absolute atomic E-state index is 11.4. The Balaban J connectivity index is 0.000000771. The van der Waals surface area contributed by atoms with Gasteiger partial charge < -0.3 is 9.80 Å². The van der Waals surface area contributed by atoms with Gasteiger partial charge in [-0.2, -0.15) is 0 Å². The molecular formula is C14H29N3O. The van der Waals surface area contributed by atoms with Gasteiger partial charge in [0.2, 0.25) is 5.91 Å². The number of hydrogen-bond acceptors (Lipinski definition) is 3. The minimum Gasteiger partial charge on any atom is -0.340 e. The monoisotopic (exact) mass is 255 g/mol. The van der Waals surface area contributed by atoms with Crippen molar-refractivity contribution in [2.24, 2.45) is 0 Å². The van der Waals surface area contributed by atoms with Crippen molar-refractivity contribution < 1.29 is 4.79 Å². The van der Waals surface area contributed by atoms with Crippen molar-refractivity contribution in [3.05, 3.63) is 0 Å². The van der Waals surface area contributed by atoms with Crippen molar-refractivity contribution in [3.63, 3.8) is 0 Å². The third kappa shape index (κ3) is 3.95. The van der Waals surface area contributed by atoms with Crippen LogP contribution in [0.2, 0.25) is 0 Å². The molecule has 2 heterocycles. The minimum atomic E-state index is 0.229. The Morgan fingerprint density at radius 3 is 2.39 bits per heavy atom. The van der Waals surface area contributed by atoms with Gasteiger partial charge in [-0.3, -0.25) is 9.69 Å². The van der Waals surface area contributed by atoms with Crippen molar-refractivity contribution in [2.75, 3.05) is 45.8 Å². The van der Waals surface area contributed by atoms with Gasteiger partial charge in [0.05, 0.1) is 0 Å². The largest absolute Gasteiger partial charge is 0.340 e. The molecule has 1 amide bonds. The number of fused-ring (bicyclic) bond motifs is 1. The minimum absolute atomic E-state index is 0.229. The molecule has 0 saturated carbocycles. The van der Waals surface area contributed by atoms with Crippen LogP contribution in [0.3, 0.4) is 0 Å². The molecule has 2 aliphatic heterocycles. The summed E-state index contributed by atoms with van der Waals surface area (Å²) in [7, 11) is 0. The number of carbonyl (C=O) groups is 1. The van der Waals surface area contributed by atoms with E-state index in [2.05, 4.69) is 16.7 Å². The lowest BCUT2D eigenvalue weighted by molar-refractivity contribution is -0.132. The number of hydrogen-bond donors (Lipinski definition) is 0. The Morgan fingerprint density at radius 2 is 1.78 bits per heavy atom. The summed E-state index contributed by atoms with van der Waals surface area (Å²) < 4.78 is 0. The predicted molar refractivity (Wildman–Crippen MR) is 75.7 cm³/mol. The quantitative estimate of drug-likeness (QED) is 0.743. The van der Waals surface area contributed by atoms with Gasteiger partial charge in [-0.05, 0) is 13.0 Å². The summed E-state index contributed by atoms with van der Waals surface area (Å²) in [5.74, 6) is 0.229. The molecule has 0 spiro atoms. The first kappa shape index (κ1) is 15.4. The second-order valence-electron chi connectivity index (χ2n) is 4.96. The van der Waals surface area contributed by atoms with Crippen LogP contribution in [0.4, 0.5) is 0 Å². The molecule has 106 valence electrons. The molecule has 2 saturated heterocycles. The normalized spacial score (nSPS) is 25.1. The second-order valence-corrected chi connectivity index (χ2v) is 4.96. The van der Waals surface area contributed by atoms with Crippen molar-refractivity contribution in [2.45, 2.75) is 40.2 Å². The average Bonchev–Trinajstić information content (AvgIpc) is 2.40. The van der Waals surface area contributed by atoms with Crippen molar-refractivity contribution >= 4 is 5.91 Å². The standard InChI is InChI=1S/C12H23N3O.C2H6/c1-3-4-13-5-6-14-7-8-15(11(2)16)10-12(14)9-13;1-2/h12H,3-10H2,1-2H3;1-2H3. The van der Waals surface area contributed by atoms with Crippen molar-refractivity contribution in [1.29, 1.82) is 0 Å². The first-order valence-corrected chi connectivity index (χ1v) is 7.42. The van der Waals surface area contributed by atoms with Crippen LogP contribution in [0.25, 0.3) is 0 Å². The lowest BCUT2D eigenvalue weighted by atomic mass is 10.1. The van der Waals surface area contributed by atoms with Gasteiger partial charge >= 0.3 is 0 Å². The van der Waals surface area contributed by atoms with E-state index in [9.17, 15) is 4.79 Å². The van der Waals surface area contributed by atoms with E-state index in [4.69, 9.17) is 0 Å². The Hall–Kier alpha value is -0.610. The third-order valence-electron chi connectivity index (χ3n) is 3.76. The van der Waals surface area contributed by atoms with Gasteiger partial charge in [0.25, 0.3) is 0 Å². The Morgan fingerprint density at radius 1 is 1.11 bits per heavy atom. The molecule has 0 radical (unpaired) electrons. The lowest BCUT2D eigenvalue weighted by Crippen LogP contribution is -2.62. The molecule has 0 N–H and O–H groups in total. The molecule has 0 aliphatic carbocycles. The van der Waals surface area contributed by atoms with E-state index < -0.39 is 0 Å². The second kappa shape index (κ2) is 7.74. The first-order chi connectivity index (χ1) is 8.70. The summed E-state index contributed by atoms with van der Waals surface area (Å²) in [6.45, 7) is 15.5. The highest BCUT2D eigenvalue weighted by atomic mass is 16.2. The van der Waals surface area contributed by atoms with E-state index in [-0.39, 0.29) is 5.91 Å².